The van der Waals surface area contributed by atoms with Crippen LogP contribution >= 0.6 is 0 Å². The maximum Gasteiger partial charge on any atom is 0.423 e. The minimum Gasteiger partial charge on any atom is -0.216 e. The molecule has 0 bridgehead atoms. The Morgan fingerprint density at radius 2 is 0.786 bits per heavy atom. The highest BCUT2D eigenvalue weighted by atomic mass is 19.4. The van der Waals surface area contributed by atoms with E-state index in [2.05, 4.69) is 0 Å². The van der Waals surface area contributed by atoms with E-state index in [1.165, 1.54) is 0 Å². The average molecular weight is 224 g/mol. The first-order valence-corrected chi connectivity index (χ1v) is 3.29. The summed E-state index contributed by atoms with van der Waals surface area (Å²) in [5.74, 6) is 0. The van der Waals surface area contributed by atoms with Crippen LogP contribution in [0.2, 0.25) is 0 Å². The monoisotopic (exact) mass is 224 g/mol. The van der Waals surface area contributed by atoms with Crippen LogP contribution in [-0.2, 0) is 10.2 Å². The van der Waals surface area contributed by atoms with Crippen molar-refractivity contribution in [1.82, 2.24) is 0 Å². The second-order valence-corrected chi connectivity index (χ2v) is 3.06. The fourth-order valence-corrected chi connectivity index (χ4v) is 0.541. The number of hydrogen-bond acceptors (Lipinski definition) is 0. The predicted octanol–water partition coefficient (Wildman–Crippen LogP) is 2.49. The Morgan fingerprint density at radius 1 is 0.643 bits per heavy atom. The van der Waals surface area contributed by atoms with Crippen LogP contribution in [0, 0.1) is 0 Å². The first-order chi connectivity index (χ1) is 5.75. The van der Waals surface area contributed by atoms with Crippen LogP contribution in [0.3, 0.4) is 0 Å². The van der Waals surface area contributed by atoms with Gasteiger partial charge in [-0.2, -0.15) is 26.3 Å². The summed E-state index contributed by atoms with van der Waals surface area (Å²) >= 11 is 0. The highest BCUT2D eigenvalue weighted by Gasteiger charge is 2.73. The van der Waals surface area contributed by atoms with Gasteiger partial charge in [-0.3, -0.25) is 0 Å². The molecule has 84 valence electrons. The summed E-state index contributed by atoms with van der Waals surface area (Å²) in [6, 6.07) is 0. The fraction of sp³-hybridized carbons (Fsp3) is 1.00. The lowest BCUT2D eigenvalue weighted by Gasteiger charge is -2.36. The molecule has 0 aliphatic rings. The summed E-state index contributed by atoms with van der Waals surface area (Å²) in [7, 11) is 0. The van der Waals surface area contributed by atoms with Gasteiger partial charge in [-0.25, -0.2) is 10.2 Å². The number of halogens is 6. The first-order valence-electron chi connectivity index (χ1n) is 3.29. The van der Waals surface area contributed by atoms with E-state index >= 15 is 0 Å². The SMILES string of the molecule is CC([O])(C(F)(F)F)C(C)([O])C(F)(F)F. The molecule has 0 fully saturated rings. The number of rotatable bonds is 1. The van der Waals surface area contributed by atoms with Crippen molar-refractivity contribution in [1.29, 1.82) is 0 Å². The molecule has 2 unspecified atom stereocenters. The van der Waals surface area contributed by atoms with Crippen LogP contribution in [0.15, 0.2) is 0 Å². The third kappa shape index (κ3) is 1.81. The van der Waals surface area contributed by atoms with Gasteiger partial charge in [-0.05, 0) is 13.8 Å². The summed E-state index contributed by atoms with van der Waals surface area (Å²) in [6.45, 7) is -0.624. The van der Waals surface area contributed by atoms with Crippen molar-refractivity contribution in [2.45, 2.75) is 37.4 Å². The minimum atomic E-state index is -5.75. The molecule has 2 nitrogen and oxygen atoms in total. The Morgan fingerprint density at radius 3 is 0.857 bits per heavy atom. The first kappa shape index (κ1) is 13.5. The highest BCUT2D eigenvalue weighted by Crippen LogP contribution is 2.47. The predicted molar refractivity (Wildman–Crippen MR) is 30.3 cm³/mol. The van der Waals surface area contributed by atoms with Crippen LogP contribution < -0.4 is 0 Å². The van der Waals surface area contributed by atoms with Gasteiger partial charge >= 0.3 is 12.4 Å². The molecule has 0 rings (SSSR count). The van der Waals surface area contributed by atoms with Gasteiger partial charge < -0.3 is 0 Å². The van der Waals surface area contributed by atoms with Gasteiger partial charge in [0.05, 0.1) is 0 Å². The van der Waals surface area contributed by atoms with E-state index in [0.717, 1.165) is 0 Å². The van der Waals surface area contributed by atoms with Gasteiger partial charge in [-0.1, -0.05) is 0 Å². The Bertz CT molecular complexity index is 189. The van der Waals surface area contributed by atoms with E-state index in [9.17, 15) is 36.6 Å². The molecule has 0 aromatic carbocycles. The molecular weight excluding hydrogens is 218 g/mol. The smallest absolute Gasteiger partial charge is 0.216 e. The van der Waals surface area contributed by atoms with Crippen molar-refractivity contribution < 1.29 is 36.6 Å². The molecule has 0 N–H and O–H groups in total. The van der Waals surface area contributed by atoms with Gasteiger partial charge in [0.25, 0.3) is 0 Å². The van der Waals surface area contributed by atoms with Crippen molar-refractivity contribution >= 4 is 0 Å². The van der Waals surface area contributed by atoms with Crippen LogP contribution in [0.25, 0.3) is 0 Å². The molecule has 8 heteroatoms. The zero-order valence-electron chi connectivity index (χ0n) is 7.08. The second-order valence-electron chi connectivity index (χ2n) is 3.06. The van der Waals surface area contributed by atoms with E-state index in [-0.39, 0.29) is 13.8 Å². The number of alkyl halides is 6. The quantitative estimate of drug-likeness (QED) is 0.614. The van der Waals surface area contributed by atoms with E-state index in [1.807, 2.05) is 0 Å². The lowest BCUT2D eigenvalue weighted by molar-refractivity contribution is -0.401. The van der Waals surface area contributed by atoms with E-state index in [1.54, 1.807) is 0 Å². The third-order valence-corrected chi connectivity index (χ3v) is 1.99. The highest BCUT2D eigenvalue weighted by molar-refractivity contribution is 5.02. The molecule has 0 spiro atoms. The van der Waals surface area contributed by atoms with E-state index in [0.29, 0.717) is 0 Å². The zero-order chi connectivity index (χ0) is 12.0. The minimum absolute atomic E-state index is 0.312. The Balaban J connectivity index is 5.30. The van der Waals surface area contributed by atoms with E-state index < -0.39 is 23.6 Å². The summed E-state index contributed by atoms with van der Waals surface area (Å²) in [6.07, 6.45) is -11.5. The molecule has 2 atom stereocenters. The summed E-state index contributed by atoms with van der Waals surface area (Å²) in [5.41, 5.74) is -9.23. The Hall–Kier alpha value is -0.500. The van der Waals surface area contributed by atoms with Crippen molar-refractivity contribution in [3.8, 4) is 0 Å². The third-order valence-electron chi connectivity index (χ3n) is 1.99. The largest absolute Gasteiger partial charge is 0.423 e. The van der Waals surface area contributed by atoms with Gasteiger partial charge in [0.1, 0.15) is 0 Å². The average Bonchev–Trinajstić information content (AvgIpc) is 1.81. The molecule has 0 aromatic rings. The molecular formula is C6H6F6O2. The lowest BCUT2D eigenvalue weighted by atomic mass is 9.84. The maximum absolute atomic E-state index is 11.8. The van der Waals surface area contributed by atoms with Crippen LogP contribution in [-0.4, -0.2) is 23.6 Å². The second kappa shape index (κ2) is 2.99. The molecule has 0 saturated carbocycles. The van der Waals surface area contributed by atoms with Gasteiger partial charge in [0.15, 0.2) is 0 Å². The summed E-state index contributed by atoms with van der Waals surface area (Å²) in [5, 5.41) is 21.3. The Labute approximate surface area is 75.1 Å². The molecule has 14 heavy (non-hydrogen) atoms. The molecule has 0 aliphatic heterocycles. The van der Waals surface area contributed by atoms with Gasteiger partial charge in [0, 0.05) is 0 Å². The number of hydrogen-bond donors (Lipinski definition) is 0. The molecule has 0 saturated heterocycles. The van der Waals surface area contributed by atoms with Crippen molar-refractivity contribution in [2.75, 3.05) is 0 Å². The van der Waals surface area contributed by atoms with Gasteiger partial charge in [-0.15, -0.1) is 0 Å². The molecule has 0 aromatic heterocycles. The van der Waals surface area contributed by atoms with Gasteiger partial charge in [0.2, 0.25) is 11.2 Å². The van der Waals surface area contributed by atoms with Crippen molar-refractivity contribution in [3.05, 3.63) is 0 Å². The van der Waals surface area contributed by atoms with Crippen LogP contribution in [0.4, 0.5) is 26.3 Å². The molecule has 2 radical (unpaired) electrons. The lowest BCUT2D eigenvalue weighted by Crippen LogP contribution is -2.64. The molecule has 0 aliphatic carbocycles. The zero-order valence-corrected chi connectivity index (χ0v) is 7.08. The van der Waals surface area contributed by atoms with Crippen LogP contribution in [0.5, 0.6) is 0 Å². The summed E-state index contributed by atoms with van der Waals surface area (Å²) < 4.78 is 71.1. The van der Waals surface area contributed by atoms with E-state index in [4.69, 9.17) is 0 Å². The maximum atomic E-state index is 11.8. The topological polar surface area (TPSA) is 39.8 Å². The standard InChI is InChI=1S/C6H6F6O2/c1-3(13,5(7,8)9)4(2,14)6(10,11)12/h1-2H3. The van der Waals surface area contributed by atoms with Crippen molar-refractivity contribution in [2.24, 2.45) is 0 Å². The summed E-state index contributed by atoms with van der Waals surface area (Å²) in [4.78, 5) is 0. The molecule has 0 heterocycles. The molecule has 0 amide bonds. The van der Waals surface area contributed by atoms with Crippen LogP contribution in [0.1, 0.15) is 13.8 Å². The Kier molecular flexibility index (Phi) is 2.89. The fourth-order valence-electron chi connectivity index (χ4n) is 0.541. The normalized spacial score (nSPS) is 22.7. The van der Waals surface area contributed by atoms with Crippen molar-refractivity contribution in [3.63, 3.8) is 0 Å².